The zero-order valence-corrected chi connectivity index (χ0v) is 9.53. The average molecular weight is 227 g/mol. The summed E-state index contributed by atoms with van der Waals surface area (Å²) >= 11 is 1.22. The fourth-order valence-corrected chi connectivity index (χ4v) is 2.01. The van der Waals surface area contributed by atoms with Crippen molar-refractivity contribution >= 4 is 11.3 Å². The molecule has 0 amide bonds. The molecule has 2 rings (SSSR count). The highest BCUT2D eigenvalue weighted by Crippen LogP contribution is 2.27. The van der Waals surface area contributed by atoms with E-state index in [0.29, 0.717) is 0 Å². The normalized spacial score (nSPS) is 15.7. The number of thiazole rings is 1. The van der Waals surface area contributed by atoms with Crippen molar-refractivity contribution in [3.8, 4) is 0 Å². The standard InChI is InChI=1S/C10H17N3OS/c14-10-13-9(7-15-10)6-12-4-3-11-5-8-1-2-8/h7-8,11-12H,1-6H2,(H,13,14). The maximum absolute atomic E-state index is 10.8. The summed E-state index contributed by atoms with van der Waals surface area (Å²) in [5.74, 6) is 0.943. The van der Waals surface area contributed by atoms with Crippen LogP contribution in [0.25, 0.3) is 0 Å². The lowest BCUT2D eigenvalue weighted by atomic mass is 10.4. The van der Waals surface area contributed by atoms with Crippen molar-refractivity contribution < 1.29 is 0 Å². The van der Waals surface area contributed by atoms with E-state index in [1.165, 1.54) is 24.2 Å². The summed E-state index contributed by atoms with van der Waals surface area (Å²) in [5, 5.41) is 8.56. The predicted molar refractivity (Wildman–Crippen MR) is 62.2 cm³/mol. The Morgan fingerprint density at radius 3 is 2.87 bits per heavy atom. The van der Waals surface area contributed by atoms with Crippen LogP contribution in [0.5, 0.6) is 0 Å². The fourth-order valence-electron chi connectivity index (χ4n) is 1.43. The molecule has 0 saturated heterocycles. The molecule has 1 fully saturated rings. The summed E-state index contributed by atoms with van der Waals surface area (Å²) in [7, 11) is 0. The van der Waals surface area contributed by atoms with Gasteiger partial charge in [0.2, 0.25) is 0 Å². The van der Waals surface area contributed by atoms with Crippen molar-refractivity contribution in [1.29, 1.82) is 0 Å². The van der Waals surface area contributed by atoms with Gasteiger partial charge in [0.25, 0.3) is 0 Å². The summed E-state index contributed by atoms with van der Waals surface area (Å²) in [4.78, 5) is 13.6. The molecule has 1 aliphatic carbocycles. The maximum atomic E-state index is 10.8. The van der Waals surface area contributed by atoms with Gasteiger partial charge in [0.05, 0.1) is 0 Å². The molecule has 15 heavy (non-hydrogen) atoms. The van der Waals surface area contributed by atoms with Gasteiger partial charge in [-0.15, -0.1) is 0 Å². The molecule has 0 spiro atoms. The predicted octanol–water partition coefficient (Wildman–Crippen LogP) is 0.526. The molecule has 0 atom stereocenters. The minimum atomic E-state index is 0.0265. The minimum Gasteiger partial charge on any atom is -0.315 e. The third-order valence-corrected chi connectivity index (χ3v) is 3.21. The number of aromatic nitrogens is 1. The number of rotatable bonds is 7. The van der Waals surface area contributed by atoms with E-state index in [9.17, 15) is 4.79 Å². The molecule has 1 saturated carbocycles. The van der Waals surface area contributed by atoms with Gasteiger partial charge >= 0.3 is 4.87 Å². The van der Waals surface area contributed by atoms with E-state index in [4.69, 9.17) is 0 Å². The number of aromatic amines is 1. The van der Waals surface area contributed by atoms with Gasteiger partial charge in [-0.05, 0) is 25.3 Å². The van der Waals surface area contributed by atoms with Crippen molar-refractivity contribution in [2.45, 2.75) is 19.4 Å². The van der Waals surface area contributed by atoms with Crippen LogP contribution in [0.4, 0.5) is 0 Å². The van der Waals surface area contributed by atoms with Crippen LogP contribution < -0.4 is 15.5 Å². The lowest BCUT2D eigenvalue weighted by Crippen LogP contribution is -2.28. The Morgan fingerprint density at radius 1 is 1.40 bits per heavy atom. The first kappa shape index (κ1) is 10.9. The van der Waals surface area contributed by atoms with Gasteiger partial charge in [0, 0.05) is 30.7 Å². The molecule has 5 heteroatoms. The first-order chi connectivity index (χ1) is 7.34. The van der Waals surface area contributed by atoms with Gasteiger partial charge in [-0.2, -0.15) is 0 Å². The monoisotopic (exact) mass is 227 g/mol. The highest BCUT2D eigenvalue weighted by atomic mass is 32.1. The molecule has 4 nitrogen and oxygen atoms in total. The van der Waals surface area contributed by atoms with Crippen LogP contribution in [0.1, 0.15) is 18.5 Å². The van der Waals surface area contributed by atoms with Crippen LogP contribution in [0.3, 0.4) is 0 Å². The highest BCUT2D eigenvalue weighted by Gasteiger charge is 2.19. The van der Waals surface area contributed by atoms with E-state index < -0.39 is 0 Å². The molecule has 0 aliphatic heterocycles. The number of hydrogen-bond donors (Lipinski definition) is 3. The largest absolute Gasteiger partial charge is 0.315 e. The third kappa shape index (κ3) is 4.15. The molecule has 0 unspecified atom stereocenters. The van der Waals surface area contributed by atoms with Crippen LogP contribution in [0.15, 0.2) is 10.2 Å². The highest BCUT2D eigenvalue weighted by molar-refractivity contribution is 7.07. The Kier molecular flexibility index (Phi) is 3.94. The van der Waals surface area contributed by atoms with E-state index >= 15 is 0 Å². The molecule has 0 bridgehead atoms. The molecule has 0 aromatic carbocycles. The first-order valence-corrected chi connectivity index (χ1v) is 6.30. The van der Waals surface area contributed by atoms with Gasteiger partial charge in [-0.25, -0.2) is 0 Å². The van der Waals surface area contributed by atoms with Crippen molar-refractivity contribution in [1.82, 2.24) is 15.6 Å². The second kappa shape index (κ2) is 5.44. The Labute approximate surface area is 93.1 Å². The van der Waals surface area contributed by atoms with Crippen LogP contribution in [0, 0.1) is 5.92 Å². The third-order valence-electron chi connectivity index (χ3n) is 2.49. The maximum Gasteiger partial charge on any atom is 0.304 e. The Balaban J connectivity index is 1.49. The zero-order chi connectivity index (χ0) is 10.5. The summed E-state index contributed by atoms with van der Waals surface area (Å²) in [6.07, 6.45) is 2.80. The molecule has 1 heterocycles. The van der Waals surface area contributed by atoms with E-state index in [1.54, 1.807) is 0 Å². The molecule has 84 valence electrons. The Morgan fingerprint density at radius 2 is 2.20 bits per heavy atom. The summed E-state index contributed by atoms with van der Waals surface area (Å²) in [6.45, 7) is 3.87. The van der Waals surface area contributed by atoms with Gasteiger partial charge in [-0.1, -0.05) is 11.3 Å². The molecule has 0 radical (unpaired) electrons. The molecule has 1 aromatic rings. The smallest absolute Gasteiger partial charge is 0.304 e. The topological polar surface area (TPSA) is 56.9 Å². The average Bonchev–Trinajstić information content (AvgIpc) is 2.95. The van der Waals surface area contributed by atoms with Gasteiger partial charge in [0.1, 0.15) is 0 Å². The Hall–Kier alpha value is -0.650. The van der Waals surface area contributed by atoms with E-state index in [2.05, 4.69) is 15.6 Å². The second-order valence-corrected chi connectivity index (χ2v) is 4.84. The van der Waals surface area contributed by atoms with Crippen LogP contribution >= 0.6 is 11.3 Å². The molecule has 1 aliphatic rings. The van der Waals surface area contributed by atoms with E-state index in [1.807, 2.05) is 5.38 Å². The molecular formula is C10H17N3OS. The Bertz CT molecular complexity index is 342. The van der Waals surface area contributed by atoms with Gasteiger partial charge in [0.15, 0.2) is 0 Å². The number of nitrogens with one attached hydrogen (secondary N) is 3. The van der Waals surface area contributed by atoms with E-state index in [0.717, 1.165) is 37.8 Å². The van der Waals surface area contributed by atoms with Crippen LogP contribution in [0.2, 0.25) is 0 Å². The van der Waals surface area contributed by atoms with Crippen molar-refractivity contribution in [3.63, 3.8) is 0 Å². The second-order valence-electron chi connectivity index (χ2n) is 4.00. The first-order valence-electron chi connectivity index (χ1n) is 5.43. The zero-order valence-electron chi connectivity index (χ0n) is 8.71. The minimum absolute atomic E-state index is 0.0265. The summed E-state index contributed by atoms with van der Waals surface area (Å²) in [6, 6.07) is 0. The molecular weight excluding hydrogens is 210 g/mol. The van der Waals surface area contributed by atoms with Gasteiger partial charge in [-0.3, -0.25) is 4.79 Å². The summed E-state index contributed by atoms with van der Waals surface area (Å²) < 4.78 is 0. The van der Waals surface area contributed by atoms with Crippen LogP contribution in [-0.2, 0) is 6.54 Å². The van der Waals surface area contributed by atoms with Crippen molar-refractivity contribution in [2.24, 2.45) is 5.92 Å². The van der Waals surface area contributed by atoms with Crippen molar-refractivity contribution in [2.75, 3.05) is 19.6 Å². The van der Waals surface area contributed by atoms with Gasteiger partial charge < -0.3 is 15.6 Å². The molecule has 1 aromatic heterocycles. The SMILES string of the molecule is O=c1[nH]c(CNCCNCC2CC2)cs1. The number of H-pyrrole nitrogens is 1. The molecule has 3 N–H and O–H groups in total. The van der Waals surface area contributed by atoms with Crippen molar-refractivity contribution in [3.05, 3.63) is 20.7 Å². The quantitative estimate of drug-likeness (QED) is 0.595. The fraction of sp³-hybridized carbons (Fsp3) is 0.700. The lowest BCUT2D eigenvalue weighted by Gasteiger charge is -2.04. The van der Waals surface area contributed by atoms with E-state index in [-0.39, 0.29) is 4.87 Å². The lowest BCUT2D eigenvalue weighted by molar-refractivity contribution is 0.586. The number of hydrogen-bond acceptors (Lipinski definition) is 4. The van der Waals surface area contributed by atoms with Crippen LogP contribution in [-0.4, -0.2) is 24.6 Å². The summed E-state index contributed by atoms with van der Waals surface area (Å²) in [5.41, 5.74) is 0.979.